The molecule has 0 unspecified atom stereocenters. The minimum Gasteiger partial charge on any atom is -0.345 e. The van der Waals surface area contributed by atoms with E-state index in [1.165, 1.54) is 4.31 Å². The number of aromatic amines is 1. The molecule has 2 aromatic rings. The number of nitrogens with zero attached hydrogens (tertiary/aromatic N) is 2. The normalized spacial score (nSPS) is 16.5. The van der Waals surface area contributed by atoms with Crippen LogP contribution in [-0.2, 0) is 16.8 Å². The van der Waals surface area contributed by atoms with E-state index in [-0.39, 0.29) is 0 Å². The Morgan fingerprint density at radius 3 is 3.00 bits per heavy atom. The highest BCUT2D eigenvalue weighted by Gasteiger charge is 2.31. The number of imidazole rings is 1. The molecule has 2 heterocycles. The van der Waals surface area contributed by atoms with Crippen LogP contribution in [-0.4, -0.2) is 35.8 Å². The molecule has 0 radical (unpaired) electrons. The molecule has 6 nitrogen and oxygen atoms in total. The molecule has 90 valence electrons. The molecule has 0 spiro atoms. The van der Waals surface area contributed by atoms with E-state index in [9.17, 15) is 8.42 Å². The predicted octanol–water partition coefficient (Wildman–Crippen LogP) is 0.213. The Hall–Kier alpha value is -1.44. The summed E-state index contributed by atoms with van der Waals surface area (Å²) in [6.07, 6.45) is 1.62. The Bertz CT molecular complexity index is 645. The number of H-pyrrole nitrogens is 1. The number of benzene rings is 1. The Labute approximate surface area is 98.8 Å². The fourth-order valence-corrected chi connectivity index (χ4v) is 2.73. The predicted molar refractivity (Wildman–Crippen MR) is 63.4 cm³/mol. The molecule has 3 rings (SSSR count). The fourth-order valence-electron chi connectivity index (χ4n) is 1.64. The molecule has 0 aliphatic carbocycles. The molecule has 0 bridgehead atoms. The molecule has 0 atom stereocenters. The molecule has 2 N–H and O–H groups in total. The van der Waals surface area contributed by atoms with Crippen molar-refractivity contribution in [2.75, 3.05) is 13.1 Å². The lowest BCUT2D eigenvalue weighted by atomic mass is 10.2. The maximum Gasteiger partial charge on any atom is 0.279 e. The number of hydrogen-bond donors (Lipinski definition) is 2. The van der Waals surface area contributed by atoms with Gasteiger partial charge in [0.1, 0.15) is 0 Å². The lowest BCUT2D eigenvalue weighted by molar-refractivity contribution is 0.547. The van der Waals surface area contributed by atoms with Crippen molar-refractivity contribution in [2.45, 2.75) is 6.54 Å². The molecule has 0 saturated carbocycles. The molecule has 1 fully saturated rings. The van der Waals surface area contributed by atoms with Gasteiger partial charge in [0, 0.05) is 19.6 Å². The molecule has 7 heteroatoms. The Balaban J connectivity index is 1.76. The Kier molecular flexibility index (Phi) is 2.39. The maximum absolute atomic E-state index is 11.6. The average Bonchev–Trinajstić information content (AvgIpc) is 3.07. The quantitative estimate of drug-likeness (QED) is 0.764. The summed E-state index contributed by atoms with van der Waals surface area (Å²) >= 11 is 0. The van der Waals surface area contributed by atoms with Crippen LogP contribution in [0.3, 0.4) is 0 Å². The topological polar surface area (TPSA) is 77.9 Å². The third-order valence-electron chi connectivity index (χ3n) is 2.69. The van der Waals surface area contributed by atoms with Crippen molar-refractivity contribution in [1.82, 2.24) is 19.0 Å². The average molecular weight is 252 g/mol. The minimum absolute atomic E-state index is 0.299. The van der Waals surface area contributed by atoms with Gasteiger partial charge in [0.15, 0.2) is 0 Å². The van der Waals surface area contributed by atoms with Crippen molar-refractivity contribution >= 4 is 21.2 Å². The van der Waals surface area contributed by atoms with E-state index in [2.05, 4.69) is 14.7 Å². The molecule has 1 aromatic heterocycles. The zero-order chi connectivity index (χ0) is 11.9. The van der Waals surface area contributed by atoms with Gasteiger partial charge in [-0.1, -0.05) is 6.07 Å². The van der Waals surface area contributed by atoms with Gasteiger partial charge in [0.05, 0.1) is 17.4 Å². The first kappa shape index (κ1) is 10.7. The van der Waals surface area contributed by atoms with Gasteiger partial charge in [-0.25, -0.2) is 4.98 Å². The SMILES string of the molecule is O=S(=O)(NCc1ccc2nc[nH]c2c1)N1CC1. The van der Waals surface area contributed by atoms with E-state index < -0.39 is 10.2 Å². The monoisotopic (exact) mass is 252 g/mol. The first-order valence-electron chi connectivity index (χ1n) is 5.32. The smallest absolute Gasteiger partial charge is 0.279 e. The van der Waals surface area contributed by atoms with E-state index in [0.717, 1.165) is 16.6 Å². The summed E-state index contributed by atoms with van der Waals surface area (Å²) in [7, 11) is -3.27. The van der Waals surface area contributed by atoms with Crippen LogP contribution in [0.1, 0.15) is 5.56 Å². The zero-order valence-electron chi connectivity index (χ0n) is 9.05. The highest BCUT2D eigenvalue weighted by Crippen LogP contribution is 2.13. The summed E-state index contributed by atoms with van der Waals surface area (Å²) < 4.78 is 27.1. The van der Waals surface area contributed by atoms with E-state index in [1.807, 2.05) is 18.2 Å². The van der Waals surface area contributed by atoms with Crippen LogP contribution in [0.2, 0.25) is 0 Å². The van der Waals surface area contributed by atoms with Crippen LogP contribution in [0.25, 0.3) is 11.0 Å². The fraction of sp³-hybridized carbons (Fsp3) is 0.300. The summed E-state index contributed by atoms with van der Waals surface area (Å²) in [6, 6.07) is 5.63. The van der Waals surface area contributed by atoms with Crippen molar-refractivity contribution < 1.29 is 8.42 Å². The van der Waals surface area contributed by atoms with Crippen LogP contribution in [0.5, 0.6) is 0 Å². The maximum atomic E-state index is 11.6. The van der Waals surface area contributed by atoms with Crippen LogP contribution in [0.4, 0.5) is 0 Å². The van der Waals surface area contributed by atoms with Gasteiger partial charge in [0.2, 0.25) is 0 Å². The highest BCUT2D eigenvalue weighted by molar-refractivity contribution is 7.87. The van der Waals surface area contributed by atoms with Crippen LogP contribution in [0.15, 0.2) is 24.5 Å². The van der Waals surface area contributed by atoms with E-state index in [0.29, 0.717) is 19.6 Å². The highest BCUT2D eigenvalue weighted by atomic mass is 32.2. The molecule has 17 heavy (non-hydrogen) atoms. The number of rotatable bonds is 4. The lowest BCUT2D eigenvalue weighted by Gasteiger charge is -2.06. The number of aromatic nitrogens is 2. The summed E-state index contributed by atoms with van der Waals surface area (Å²) in [6.45, 7) is 1.54. The molecule has 1 aromatic carbocycles. The van der Waals surface area contributed by atoms with Crippen molar-refractivity contribution in [1.29, 1.82) is 0 Å². The van der Waals surface area contributed by atoms with E-state index >= 15 is 0 Å². The Morgan fingerprint density at radius 1 is 1.41 bits per heavy atom. The molecule has 0 amide bonds. The van der Waals surface area contributed by atoms with E-state index in [4.69, 9.17) is 0 Å². The van der Waals surface area contributed by atoms with Crippen molar-refractivity contribution in [2.24, 2.45) is 0 Å². The second-order valence-electron chi connectivity index (χ2n) is 3.98. The number of nitrogens with one attached hydrogen (secondary N) is 2. The Morgan fingerprint density at radius 2 is 2.24 bits per heavy atom. The van der Waals surface area contributed by atoms with Crippen LogP contribution < -0.4 is 4.72 Å². The first-order valence-corrected chi connectivity index (χ1v) is 6.76. The van der Waals surface area contributed by atoms with Crippen molar-refractivity contribution in [3.05, 3.63) is 30.1 Å². The molecular formula is C10H12N4O2S. The molecule has 1 saturated heterocycles. The van der Waals surface area contributed by atoms with Gasteiger partial charge in [-0.05, 0) is 17.7 Å². The van der Waals surface area contributed by atoms with Crippen LogP contribution >= 0.6 is 0 Å². The van der Waals surface area contributed by atoms with Crippen LogP contribution in [0, 0.1) is 0 Å². The van der Waals surface area contributed by atoms with Crippen molar-refractivity contribution in [3.8, 4) is 0 Å². The largest absolute Gasteiger partial charge is 0.345 e. The van der Waals surface area contributed by atoms with Gasteiger partial charge in [0.25, 0.3) is 10.2 Å². The van der Waals surface area contributed by atoms with E-state index in [1.54, 1.807) is 6.33 Å². The summed E-state index contributed by atoms with van der Waals surface area (Å²) in [5.41, 5.74) is 2.70. The van der Waals surface area contributed by atoms with Gasteiger partial charge >= 0.3 is 0 Å². The summed E-state index contributed by atoms with van der Waals surface area (Å²) in [5.74, 6) is 0. The minimum atomic E-state index is -3.27. The second-order valence-corrected chi connectivity index (χ2v) is 5.73. The third kappa shape index (κ3) is 2.17. The van der Waals surface area contributed by atoms with Crippen molar-refractivity contribution in [3.63, 3.8) is 0 Å². The summed E-state index contributed by atoms with van der Waals surface area (Å²) in [5, 5.41) is 0. The first-order chi connectivity index (χ1) is 8.15. The molecule has 1 aliphatic heterocycles. The van der Waals surface area contributed by atoms with Gasteiger partial charge in [-0.15, -0.1) is 0 Å². The number of fused-ring (bicyclic) bond motifs is 1. The zero-order valence-corrected chi connectivity index (χ0v) is 9.87. The van der Waals surface area contributed by atoms with Gasteiger partial charge in [-0.3, -0.25) is 0 Å². The standard InChI is InChI=1S/C10H12N4O2S/c15-17(16,14-3-4-14)13-6-8-1-2-9-10(5-8)12-7-11-9/h1-2,5,7,13H,3-4,6H2,(H,11,12). The molecule has 1 aliphatic rings. The number of hydrogen-bond acceptors (Lipinski definition) is 3. The van der Waals surface area contributed by atoms with Gasteiger partial charge in [-0.2, -0.15) is 17.4 Å². The summed E-state index contributed by atoms with van der Waals surface area (Å²) in [4.78, 5) is 7.10. The third-order valence-corrected chi connectivity index (χ3v) is 4.24. The van der Waals surface area contributed by atoms with Gasteiger partial charge < -0.3 is 4.98 Å². The second kappa shape index (κ2) is 3.80. The lowest BCUT2D eigenvalue weighted by Crippen LogP contribution is -2.29. The molecular weight excluding hydrogens is 240 g/mol.